The van der Waals surface area contributed by atoms with Gasteiger partial charge in [-0.15, -0.1) is 11.3 Å². The maximum atomic E-state index is 12.9. The quantitative estimate of drug-likeness (QED) is 0.900. The highest BCUT2D eigenvalue weighted by molar-refractivity contribution is 7.16. The minimum absolute atomic E-state index is 0.0586. The third-order valence-electron chi connectivity index (χ3n) is 2.59. The lowest BCUT2D eigenvalue weighted by Crippen LogP contribution is -2.19. The molecule has 0 saturated heterocycles. The van der Waals surface area contributed by atoms with E-state index in [4.69, 9.17) is 22.1 Å². The van der Waals surface area contributed by atoms with E-state index in [0.717, 1.165) is 6.07 Å². The molecule has 1 unspecified atom stereocenters. The Bertz CT molecular complexity index is 585. The van der Waals surface area contributed by atoms with Gasteiger partial charge in [-0.05, 0) is 24.3 Å². The Hall–Kier alpha value is -1.24. The van der Waals surface area contributed by atoms with Crippen molar-refractivity contribution in [2.75, 3.05) is 6.54 Å². The summed E-state index contributed by atoms with van der Waals surface area (Å²) in [6, 6.07) is 8.41. The summed E-state index contributed by atoms with van der Waals surface area (Å²) in [4.78, 5) is 0.689. The molecule has 20 heavy (non-hydrogen) atoms. The van der Waals surface area contributed by atoms with Crippen LogP contribution in [0, 0.1) is 0 Å². The molecular weight excluding hydrogens is 311 g/mol. The van der Waals surface area contributed by atoms with Crippen molar-refractivity contribution in [1.82, 2.24) is 0 Å². The second-order valence-electron chi connectivity index (χ2n) is 3.98. The fourth-order valence-corrected chi connectivity index (χ4v) is 2.78. The van der Waals surface area contributed by atoms with Gasteiger partial charge in [0.1, 0.15) is 11.9 Å². The first-order valence-corrected chi connectivity index (χ1v) is 6.89. The number of halogens is 4. The van der Waals surface area contributed by atoms with E-state index in [2.05, 4.69) is 0 Å². The monoisotopic (exact) mass is 321 g/mol. The Labute approximate surface area is 122 Å². The molecule has 2 nitrogen and oxygen atoms in total. The summed E-state index contributed by atoms with van der Waals surface area (Å²) in [7, 11) is 0. The van der Waals surface area contributed by atoms with Crippen LogP contribution in [0.2, 0.25) is 4.34 Å². The maximum Gasteiger partial charge on any atom is 0.419 e. The van der Waals surface area contributed by atoms with E-state index in [0.29, 0.717) is 9.21 Å². The van der Waals surface area contributed by atoms with Crippen LogP contribution in [0.15, 0.2) is 36.4 Å². The van der Waals surface area contributed by atoms with Crippen LogP contribution in [0.25, 0.3) is 0 Å². The van der Waals surface area contributed by atoms with Crippen LogP contribution < -0.4 is 10.5 Å². The van der Waals surface area contributed by atoms with Crippen LogP contribution >= 0.6 is 22.9 Å². The molecule has 1 aromatic carbocycles. The van der Waals surface area contributed by atoms with Gasteiger partial charge in [-0.3, -0.25) is 0 Å². The van der Waals surface area contributed by atoms with Crippen molar-refractivity contribution in [1.29, 1.82) is 0 Å². The second kappa shape index (κ2) is 6.03. The van der Waals surface area contributed by atoms with Gasteiger partial charge in [0.05, 0.1) is 9.90 Å². The average molecular weight is 322 g/mol. The van der Waals surface area contributed by atoms with Gasteiger partial charge in [0.2, 0.25) is 0 Å². The molecule has 0 aliphatic rings. The van der Waals surface area contributed by atoms with Crippen molar-refractivity contribution in [2.45, 2.75) is 12.3 Å². The molecule has 2 aromatic rings. The van der Waals surface area contributed by atoms with Gasteiger partial charge < -0.3 is 10.5 Å². The first kappa shape index (κ1) is 15.2. The summed E-state index contributed by atoms with van der Waals surface area (Å²) in [6.45, 7) is 0.0586. The molecule has 0 fully saturated rings. The van der Waals surface area contributed by atoms with Crippen molar-refractivity contribution in [2.24, 2.45) is 5.73 Å². The van der Waals surface area contributed by atoms with Gasteiger partial charge in [0.15, 0.2) is 0 Å². The topological polar surface area (TPSA) is 35.2 Å². The predicted octanol–water partition coefficient (Wildman–Crippen LogP) is 4.50. The molecule has 108 valence electrons. The largest absolute Gasteiger partial charge is 0.483 e. The molecule has 7 heteroatoms. The molecule has 0 radical (unpaired) electrons. The number of hydrogen-bond donors (Lipinski definition) is 1. The highest BCUT2D eigenvalue weighted by Crippen LogP contribution is 2.38. The number of alkyl halides is 3. The van der Waals surface area contributed by atoms with Gasteiger partial charge in [0.25, 0.3) is 0 Å². The number of thiophene rings is 1. The van der Waals surface area contributed by atoms with Gasteiger partial charge in [-0.25, -0.2) is 0 Å². The number of hydrogen-bond acceptors (Lipinski definition) is 3. The first-order chi connectivity index (χ1) is 9.41. The summed E-state index contributed by atoms with van der Waals surface area (Å²) < 4.78 is 44.6. The maximum absolute atomic E-state index is 12.9. The summed E-state index contributed by atoms with van der Waals surface area (Å²) in [6.07, 6.45) is -5.13. The van der Waals surface area contributed by atoms with E-state index in [1.807, 2.05) is 0 Å². The van der Waals surface area contributed by atoms with Crippen LogP contribution in [-0.2, 0) is 6.18 Å². The van der Waals surface area contributed by atoms with E-state index in [1.54, 1.807) is 12.1 Å². The highest BCUT2D eigenvalue weighted by Gasteiger charge is 2.34. The number of ether oxygens (including phenoxy) is 1. The fourth-order valence-electron chi connectivity index (χ4n) is 1.68. The predicted molar refractivity (Wildman–Crippen MR) is 73.2 cm³/mol. The molecule has 2 rings (SSSR count). The third-order valence-corrected chi connectivity index (χ3v) is 3.91. The third kappa shape index (κ3) is 3.45. The molecule has 0 bridgehead atoms. The van der Waals surface area contributed by atoms with Crippen molar-refractivity contribution in [3.05, 3.63) is 51.2 Å². The Morgan fingerprint density at radius 3 is 2.45 bits per heavy atom. The average Bonchev–Trinajstić information content (AvgIpc) is 2.82. The van der Waals surface area contributed by atoms with Crippen LogP contribution in [0.1, 0.15) is 16.5 Å². The number of para-hydroxylation sites is 1. The first-order valence-electron chi connectivity index (χ1n) is 5.70. The molecule has 1 heterocycles. The van der Waals surface area contributed by atoms with Gasteiger partial charge >= 0.3 is 6.18 Å². The number of rotatable bonds is 4. The van der Waals surface area contributed by atoms with E-state index in [1.165, 1.54) is 29.5 Å². The standard InChI is InChI=1S/C13H11ClF3NOS/c14-12-6-5-11(20-12)10(7-18)19-9-4-2-1-3-8(9)13(15,16)17/h1-6,10H,7,18H2. The minimum atomic E-state index is -4.47. The number of benzene rings is 1. The Morgan fingerprint density at radius 2 is 1.90 bits per heavy atom. The van der Waals surface area contributed by atoms with Crippen LogP contribution in [0.5, 0.6) is 5.75 Å². The van der Waals surface area contributed by atoms with Crippen molar-refractivity contribution < 1.29 is 17.9 Å². The summed E-state index contributed by atoms with van der Waals surface area (Å²) in [5.74, 6) is -0.236. The highest BCUT2D eigenvalue weighted by atomic mass is 35.5. The minimum Gasteiger partial charge on any atom is -0.483 e. The van der Waals surface area contributed by atoms with Gasteiger partial charge in [-0.1, -0.05) is 23.7 Å². The lowest BCUT2D eigenvalue weighted by atomic mass is 10.2. The Kier molecular flexibility index (Phi) is 4.57. The molecule has 1 aromatic heterocycles. The summed E-state index contributed by atoms with van der Waals surface area (Å²) >= 11 is 7.04. The molecule has 0 aliphatic carbocycles. The molecule has 0 amide bonds. The van der Waals surface area contributed by atoms with Crippen LogP contribution in [0.3, 0.4) is 0 Å². The molecule has 1 atom stereocenters. The van der Waals surface area contributed by atoms with Crippen molar-refractivity contribution in [3.63, 3.8) is 0 Å². The van der Waals surface area contributed by atoms with Crippen LogP contribution in [0.4, 0.5) is 13.2 Å². The lowest BCUT2D eigenvalue weighted by molar-refractivity contribution is -0.139. The van der Waals surface area contributed by atoms with Gasteiger partial charge in [0, 0.05) is 11.4 Å². The normalized spacial score (nSPS) is 13.2. The zero-order chi connectivity index (χ0) is 14.8. The van der Waals surface area contributed by atoms with E-state index >= 15 is 0 Å². The molecule has 0 spiro atoms. The number of nitrogens with two attached hydrogens (primary N) is 1. The molecule has 0 aliphatic heterocycles. The molecule has 0 saturated carbocycles. The van der Waals surface area contributed by atoms with Crippen LogP contribution in [-0.4, -0.2) is 6.54 Å². The zero-order valence-corrected chi connectivity index (χ0v) is 11.7. The SMILES string of the molecule is NCC(Oc1ccccc1C(F)(F)F)c1ccc(Cl)s1. The molecule has 2 N–H and O–H groups in total. The van der Waals surface area contributed by atoms with E-state index < -0.39 is 17.8 Å². The van der Waals surface area contributed by atoms with E-state index in [9.17, 15) is 13.2 Å². The zero-order valence-electron chi connectivity index (χ0n) is 10.2. The summed E-state index contributed by atoms with van der Waals surface area (Å²) in [5, 5.41) is 0. The second-order valence-corrected chi connectivity index (χ2v) is 5.72. The van der Waals surface area contributed by atoms with Crippen molar-refractivity contribution >= 4 is 22.9 Å². The van der Waals surface area contributed by atoms with Gasteiger partial charge in [-0.2, -0.15) is 13.2 Å². The molecular formula is C13H11ClF3NOS. The van der Waals surface area contributed by atoms with E-state index in [-0.39, 0.29) is 12.3 Å². The Morgan fingerprint density at radius 1 is 1.20 bits per heavy atom. The van der Waals surface area contributed by atoms with Crippen molar-refractivity contribution in [3.8, 4) is 5.75 Å². The smallest absolute Gasteiger partial charge is 0.419 e. The Balaban J connectivity index is 2.29. The summed E-state index contributed by atoms with van der Waals surface area (Å²) in [5.41, 5.74) is 4.76. The lowest BCUT2D eigenvalue weighted by Gasteiger charge is -2.19. The fraction of sp³-hybridized carbons (Fsp3) is 0.231.